The molecule has 0 fully saturated rings. The van der Waals surface area contributed by atoms with Crippen molar-refractivity contribution in [2.75, 3.05) is 6.26 Å². The van der Waals surface area contributed by atoms with Crippen LogP contribution in [0.25, 0.3) is 11.0 Å². The van der Waals surface area contributed by atoms with E-state index < -0.39 is 0 Å². The molecule has 0 bridgehead atoms. The Balaban J connectivity index is 1.87. The maximum atomic E-state index is 11.5. The Hall–Kier alpha value is -1.91. The molecule has 1 heterocycles. The lowest BCUT2D eigenvalue weighted by atomic mass is 10.1. The summed E-state index contributed by atoms with van der Waals surface area (Å²) in [6, 6.07) is 13.0. The van der Waals surface area contributed by atoms with Crippen molar-refractivity contribution < 1.29 is 9.15 Å². The van der Waals surface area contributed by atoms with Gasteiger partial charge in [0.05, 0.1) is 5.02 Å². The fraction of sp³-hybridized carbons (Fsp3) is 0.167. The van der Waals surface area contributed by atoms with Gasteiger partial charge in [-0.25, -0.2) is 4.79 Å². The van der Waals surface area contributed by atoms with Crippen LogP contribution in [0.3, 0.4) is 0 Å². The van der Waals surface area contributed by atoms with Crippen LogP contribution in [0.15, 0.2) is 56.6 Å². The van der Waals surface area contributed by atoms with Crippen molar-refractivity contribution >= 4 is 34.3 Å². The summed E-state index contributed by atoms with van der Waals surface area (Å²) in [7, 11) is 0. The first kappa shape index (κ1) is 16.0. The lowest BCUT2D eigenvalue weighted by Crippen LogP contribution is -1.99. The normalized spacial score (nSPS) is 10.9. The molecule has 5 heteroatoms. The summed E-state index contributed by atoms with van der Waals surface area (Å²) in [5.41, 5.74) is 1.98. The zero-order chi connectivity index (χ0) is 16.4. The number of fused-ring (bicyclic) bond motifs is 1. The predicted octanol–water partition coefficient (Wildman–Crippen LogP) is 5.06. The number of hydrogen-bond donors (Lipinski definition) is 0. The van der Waals surface area contributed by atoms with E-state index in [1.54, 1.807) is 23.9 Å². The first-order chi connectivity index (χ1) is 11.1. The van der Waals surface area contributed by atoms with Crippen LogP contribution in [0.4, 0.5) is 0 Å². The largest absolute Gasteiger partial charge is 0.487 e. The summed E-state index contributed by atoms with van der Waals surface area (Å²) in [6.45, 7) is 2.25. The highest BCUT2D eigenvalue weighted by molar-refractivity contribution is 7.98. The monoisotopic (exact) mass is 346 g/mol. The standard InChI is InChI=1S/C18H15ClO3S/c1-11-7-18(20)22-16-9-17(15(19)8-14(11)16)21-10-12-3-5-13(23-2)6-4-12/h3-9H,10H2,1-2H3. The van der Waals surface area contributed by atoms with Crippen molar-refractivity contribution in [3.8, 4) is 5.75 Å². The van der Waals surface area contributed by atoms with Crippen LogP contribution in [0, 0.1) is 6.92 Å². The molecule has 3 rings (SSSR count). The molecule has 23 heavy (non-hydrogen) atoms. The number of aryl methyl sites for hydroxylation is 1. The molecule has 0 saturated heterocycles. The summed E-state index contributed by atoms with van der Waals surface area (Å²) in [6.07, 6.45) is 2.04. The van der Waals surface area contributed by atoms with Gasteiger partial charge in [0.25, 0.3) is 0 Å². The van der Waals surface area contributed by atoms with Crippen LogP contribution in [0.5, 0.6) is 5.75 Å². The quantitative estimate of drug-likeness (QED) is 0.489. The molecule has 0 aliphatic carbocycles. The van der Waals surface area contributed by atoms with Gasteiger partial charge in [-0.2, -0.15) is 0 Å². The highest BCUT2D eigenvalue weighted by atomic mass is 35.5. The molecular weight excluding hydrogens is 332 g/mol. The fourth-order valence-electron chi connectivity index (χ4n) is 2.31. The molecule has 0 aliphatic rings. The Morgan fingerprint density at radius 1 is 1.17 bits per heavy atom. The van der Waals surface area contributed by atoms with Crippen LogP contribution in [0.1, 0.15) is 11.1 Å². The molecule has 0 aliphatic heterocycles. The van der Waals surface area contributed by atoms with Gasteiger partial charge in [0, 0.05) is 22.4 Å². The highest BCUT2D eigenvalue weighted by Crippen LogP contribution is 2.31. The second-order valence-corrected chi connectivity index (χ2v) is 6.45. The smallest absolute Gasteiger partial charge is 0.336 e. The van der Waals surface area contributed by atoms with Crippen LogP contribution in [-0.4, -0.2) is 6.26 Å². The van der Waals surface area contributed by atoms with Crippen LogP contribution >= 0.6 is 23.4 Å². The van der Waals surface area contributed by atoms with E-state index in [0.717, 1.165) is 16.5 Å². The van der Waals surface area contributed by atoms with Gasteiger partial charge in [-0.3, -0.25) is 0 Å². The SMILES string of the molecule is CSc1ccc(COc2cc3oc(=O)cc(C)c3cc2Cl)cc1. The average molecular weight is 347 g/mol. The van der Waals surface area contributed by atoms with Gasteiger partial charge < -0.3 is 9.15 Å². The summed E-state index contributed by atoms with van der Waals surface area (Å²) >= 11 is 7.98. The molecule has 3 aromatic rings. The molecule has 0 unspecified atom stereocenters. The van der Waals surface area contributed by atoms with Gasteiger partial charge in [-0.15, -0.1) is 11.8 Å². The van der Waals surface area contributed by atoms with E-state index >= 15 is 0 Å². The van der Waals surface area contributed by atoms with Gasteiger partial charge in [0.15, 0.2) is 0 Å². The average Bonchev–Trinajstić information content (AvgIpc) is 2.54. The fourth-order valence-corrected chi connectivity index (χ4v) is 2.94. The number of rotatable bonds is 4. The molecule has 1 aromatic heterocycles. The number of ether oxygens (including phenoxy) is 1. The Morgan fingerprint density at radius 2 is 1.91 bits per heavy atom. The summed E-state index contributed by atoms with van der Waals surface area (Å²) < 4.78 is 11.0. The van der Waals surface area contributed by atoms with E-state index in [2.05, 4.69) is 0 Å². The molecule has 3 nitrogen and oxygen atoms in total. The van der Waals surface area contributed by atoms with Crippen molar-refractivity contribution in [3.05, 3.63) is 69.0 Å². The third-order valence-electron chi connectivity index (χ3n) is 3.56. The minimum Gasteiger partial charge on any atom is -0.487 e. The van der Waals surface area contributed by atoms with E-state index in [1.807, 2.05) is 37.4 Å². The minimum atomic E-state index is -0.379. The molecule has 0 saturated carbocycles. The maximum absolute atomic E-state index is 11.5. The predicted molar refractivity (Wildman–Crippen MR) is 94.8 cm³/mol. The molecule has 0 amide bonds. The second-order valence-electron chi connectivity index (χ2n) is 5.16. The zero-order valence-corrected chi connectivity index (χ0v) is 14.3. The molecular formula is C18H15ClO3S. The van der Waals surface area contributed by atoms with Gasteiger partial charge in [-0.1, -0.05) is 23.7 Å². The van der Waals surface area contributed by atoms with E-state index in [4.69, 9.17) is 20.8 Å². The van der Waals surface area contributed by atoms with Crippen molar-refractivity contribution in [1.82, 2.24) is 0 Å². The van der Waals surface area contributed by atoms with E-state index in [9.17, 15) is 4.79 Å². The number of hydrogen-bond acceptors (Lipinski definition) is 4. The molecule has 2 aromatic carbocycles. The van der Waals surface area contributed by atoms with Crippen LogP contribution in [-0.2, 0) is 6.61 Å². The summed E-state index contributed by atoms with van der Waals surface area (Å²) in [4.78, 5) is 12.7. The number of benzene rings is 2. The second kappa shape index (κ2) is 6.69. The molecule has 0 atom stereocenters. The Kier molecular flexibility index (Phi) is 4.64. The van der Waals surface area contributed by atoms with Crippen molar-refractivity contribution in [3.63, 3.8) is 0 Å². The first-order valence-electron chi connectivity index (χ1n) is 7.06. The van der Waals surface area contributed by atoms with Gasteiger partial charge >= 0.3 is 5.63 Å². The number of thioether (sulfide) groups is 1. The zero-order valence-electron chi connectivity index (χ0n) is 12.8. The lowest BCUT2D eigenvalue weighted by Gasteiger charge is -2.10. The minimum absolute atomic E-state index is 0.379. The van der Waals surface area contributed by atoms with Crippen LogP contribution in [0.2, 0.25) is 5.02 Å². The Morgan fingerprint density at radius 3 is 2.61 bits per heavy atom. The highest BCUT2D eigenvalue weighted by Gasteiger charge is 2.09. The van der Waals surface area contributed by atoms with Crippen molar-refractivity contribution in [2.24, 2.45) is 0 Å². The number of halogens is 1. The molecule has 118 valence electrons. The summed E-state index contributed by atoms with van der Waals surface area (Å²) in [5, 5.41) is 1.31. The van der Waals surface area contributed by atoms with Gasteiger partial charge in [0.1, 0.15) is 17.9 Å². The van der Waals surface area contributed by atoms with E-state index in [1.165, 1.54) is 11.0 Å². The van der Waals surface area contributed by atoms with Crippen molar-refractivity contribution in [2.45, 2.75) is 18.4 Å². The van der Waals surface area contributed by atoms with Gasteiger partial charge in [0.2, 0.25) is 0 Å². The molecule has 0 spiro atoms. The first-order valence-corrected chi connectivity index (χ1v) is 8.67. The molecule has 0 N–H and O–H groups in total. The van der Waals surface area contributed by atoms with E-state index in [0.29, 0.717) is 23.0 Å². The maximum Gasteiger partial charge on any atom is 0.336 e. The van der Waals surface area contributed by atoms with Crippen molar-refractivity contribution in [1.29, 1.82) is 0 Å². The third-order valence-corrected chi connectivity index (χ3v) is 4.60. The Bertz CT molecular complexity index is 901. The van der Waals surface area contributed by atoms with Gasteiger partial charge in [-0.05, 0) is 42.5 Å². The lowest BCUT2D eigenvalue weighted by molar-refractivity contribution is 0.306. The molecule has 0 radical (unpaired) electrons. The van der Waals surface area contributed by atoms with E-state index in [-0.39, 0.29) is 5.63 Å². The Labute approximate surface area is 143 Å². The topological polar surface area (TPSA) is 39.4 Å². The van der Waals surface area contributed by atoms with Crippen LogP contribution < -0.4 is 10.4 Å². The summed E-state index contributed by atoms with van der Waals surface area (Å²) in [5.74, 6) is 0.502. The third kappa shape index (κ3) is 3.54.